The molecular formula is C6H10N2S. The molecule has 0 aromatic heterocycles. The Hall–Kier alpha value is -0.200. The molecule has 1 saturated heterocycles. The van der Waals surface area contributed by atoms with Crippen LogP contribution < -0.4 is 5.32 Å². The van der Waals surface area contributed by atoms with Crippen molar-refractivity contribution in [2.24, 2.45) is 0 Å². The molecule has 0 amide bonds. The van der Waals surface area contributed by atoms with Gasteiger partial charge >= 0.3 is 0 Å². The first-order valence-electron chi connectivity index (χ1n) is 3.13. The van der Waals surface area contributed by atoms with Gasteiger partial charge < -0.3 is 0 Å². The van der Waals surface area contributed by atoms with Crippen molar-refractivity contribution < 1.29 is 0 Å². The van der Waals surface area contributed by atoms with Crippen molar-refractivity contribution >= 4 is 11.8 Å². The highest BCUT2D eigenvalue weighted by atomic mass is 32.2. The SMILES string of the molecule is CCC1(C#N)NCCS1. The molecule has 1 unspecified atom stereocenters. The smallest absolute Gasteiger partial charge is 0.153 e. The van der Waals surface area contributed by atoms with Crippen LogP contribution in [0, 0.1) is 11.3 Å². The fourth-order valence-electron chi connectivity index (χ4n) is 0.907. The van der Waals surface area contributed by atoms with Gasteiger partial charge in [0.25, 0.3) is 0 Å². The van der Waals surface area contributed by atoms with E-state index in [1.165, 1.54) is 0 Å². The van der Waals surface area contributed by atoms with Crippen LogP contribution in [0.3, 0.4) is 0 Å². The Balaban J connectivity index is 2.59. The Kier molecular flexibility index (Phi) is 1.99. The Labute approximate surface area is 59.6 Å². The van der Waals surface area contributed by atoms with Crippen LogP contribution in [0.5, 0.6) is 0 Å². The average molecular weight is 142 g/mol. The van der Waals surface area contributed by atoms with E-state index in [0.717, 1.165) is 18.7 Å². The summed E-state index contributed by atoms with van der Waals surface area (Å²) in [6, 6.07) is 2.28. The van der Waals surface area contributed by atoms with Crippen molar-refractivity contribution in [3.05, 3.63) is 0 Å². The monoisotopic (exact) mass is 142 g/mol. The Morgan fingerprint density at radius 1 is 1.89 bits per heavy atom. The second-order valence-electron chi connectivity index (χ2n) is 2.07. The van der Waals surface area contributed by atoms with Gasteiger partial charge in [0, 0.05) is 12.3 Å². The van der Waals surface area contributed by atoms with E-state index in [-0.39, 0.29) is 4.87 Å². The summed E-state index contributed by atoms with van der Waals surface area (Å²) in [6.07, 6.45) is 0.897. The molecule has 1 rings (SSSR count). The fraction of sp³-hybridized carbons (Fsp3) is 0.833. The van der Waals surface area contributed by atoms with Crippen molar-refractivity contribution in [2.75, 3.05) is 12.3 Å². The predicted octanol–water partition coefficient (Wildman–Crippen LogP) is 0.953. The van der Waals surface area contributed by atoms with E-state index in [9.17, 15) is 0 Å². The largest absolute Gasteiger partial charge is 0.290 e. The second-order valence-corrected chi connectivity index (χ2v) is 3.46. The van der Waals surface area contributed by atoms with E-state index in [4.69, 9.17) is 5.26 Å². The highest BCUT2D eigenvalue weighted by molar-refractivity contribution is 8.01. The summed E-state index contributed by atoms with van der Waals surface area (Å²) in [4.78, 5) is -0.250. The maximum atomic E-state index is 8.68. The Bertz CT molecular complexity index is 132. The van der Waals surface area contributed by atoms with E-state index in [2.05, 4.69) is 11.4 Å². The van der Waals surface area contributed by atoms with E-state index in [0.29, 0.717) is 0 Å². The Morgan fingerprint density at radius 2 is 2.67 bits per heavy atom. The number of hydrogen-bond acceptors (Lipinski definition) is 3. The summed E-state index contributed by atoms with van der Waals surface area (Å²) in [5.41, 5.74) is 0. The van der Waals surface area contributed by atoms with E-state index in [1.54, 1.807) is 11.8 Å². The summed E-state index contributed by atoms with van der Waals surface area (Å²) in [6.45, 7) is 3.01. The fourth-order valence-corrected chi connectivity index (χ4v) is 1.93. The molecule has 3 heteroatoms. The number of hydrogen-bond donors (Lipinski definition) is 1. The zero-order valence-electron chi connectivity index (χ0n) is 5.48. The van der Waals surface area contributed by atoms with Gasteiger partial charge in [0.15, 0.2) is 4.87 Å². The summed E-state index contributed by atoms with van der Waals surface area (Å²) in [5, 5.41) is 11.9. The minimum absolute atomic E-state index is 0.250. The lowest BCUT2D eigenvalue weighted by Gasteiger charge is -2.16. The van der Waals surface area contributed by atoms with E-state index in [1.807, 2.05) is 6.92 Å². The standard InChI is InChI=1S/C6H10N2S/c1-2-6(5-7)8-3-4-9-6/h8H,2-4H2,1H3. The molecule has 1 heterocycles. The zero-order valence-corrected chi connectivity index (χ0v) is 6.29. The lowest BCUT2D eigenvalue weighted by Crippen LogP contribution is -2.34. The number of nitrogens with zero attached hydrogens (tertiary/aromatic N) is 1. The maximum absolute atomic E-state index is 8.68. The van der Waals surface area contributed by atoms with Crippen LogP contribution >= 0.6 is 11.8 Å². The molecule has 0 aliphatic carbocycles. The van der Waals surface area contributed by atoms with Crippen LogP contribution in [0.2, 0.25) is 0 Å². The molecular weight excluding hydrogens is 132 g/mol. The van der Waals surface area contributed by atoms with Crippen molar-refractivity contribution in [2.45, 2.75) is 18.2 Å². The topological polar surface area (TPSA) is 35.8 Å². The van der Waals surface area contributed by atoms with Gasteiger partial charge in [-0.15, -0.1) is 11.8 Å². The molecule has 0 saturated carbocycles. The lowest BCUT2D eigenvalue weighted by atomic mass is 10.2. The third-order valence-corrected chi connectivity index (χ3v) is 2.96. The van der Waals surface area contributed by atoms with Crippen LogP contribution in [-0.2, 0) is 0 Å². The molecule has 1 fully saturated rings. The van der Waals surface area contributed by atoms with Crippen LogP contribution in [0.15, 0.2) is 0 Å². The molecule has 0 aromatic rings. The summed E-state index contributed by atoms with van der Waals surface area (Å²) in [5.74, 6) is 1.07. The lowest BCUT2D eigenvalue weighted by molar-refractivity contribution is 0.591. The molecule has 0 spiro atoms. The molecule has 0 radical (unpaired) electrons. The minimum Gasteiger partial charge on any atom is -0.290 e. The third kappa shape index (κ3) is 1.20. The van der Waals surface area contributed by atoms with Gasteiger partial charge in [-0.2, -0.15) is 5.26 Å². The molecule has 1 aliphatic heterocycles. The predicted molar refractivity (Wildman–Crippen MR) is 39.1 cm³/mol. The summed E-state index contributed by atoms with van der Waals surface area (Å²) >= 11 is 1.72. The number of nitriles is 1. The van der Waals surface area contributed by atoms with Gasteiger partial charge in [-0.05, 0) is 6.42 Å². The van der Waals surface area contributed by atoms with Gasteiger partial charge in [0.1, 0.15) is 0 Å². The maximum Gasteiger partial charge on any atom is 0.153 e. The van der Waals surface area contributed by atoms with Gasteiger partial charge in [0.05, 0.1) is 6.07 Å². The van der Waals surface area contributed by atoms with Gasteiger partial charge in [-0.25, -0.2) is 0 Å². The van der Waals surface area contributed by atoms with Gasteiger partial charge in [-0.3, -0.25) is 5.32 Å². The molecule has 1 aliphatic rings. The van der Waals surface area contributed by atoms with E-state index >= 15 is 0 Å². The molecule has 0 aromatic carbocycles. The molecule has 50 valence electrons. The van der Waals surface area contributed by atoms with Crippen LogP contribution in [0.25, 0.3) is 0 Å². The normalized spacial score (nSPS) is 34.2. The summed E-state index contributed by atoms with van der Waals surface area (Å²) in [7, 11) is 0. The molecule has 1 atom stereocenters. The average Bonchev–Trinajstić information content (AvgIpc) is 2.36. The quantitative estimate of drug-likeness (QED) is 0.592. The van der Waals surface area contributed by atoms with Crippen molar-refractivity contribution in [1.82, 2.24) is 5.32 Å². The summed E-state index contributed by atoms with van der Waals surface area (Å²) < 4.78 is 0. The Morgan fingerprint density at radius 3 is 2.89 bits per heavy atom. The number of thioether (sulfide) groups is 1. The number of rotatable bonds is 1. The van der Waals surface area contributed by atoms with Crippen LogP contribution in [0.1, 0.15) is 13.3 Å². The molecule has 9 heavy (non-hydrogen) atoms. The van der Waals surface area contributed by atoms with E-state index < -0.39 is 0 Å². The first kappa shape index (κ1) is 6.91. The molecule has 0 bridgehead atoms. The number of nitrogens with one attached hydrogen (secondary N) is 1. The highest BCUT2D eigenvalue weighted by Gasteiger charge is 2.31. The van der Waals surface area contributed by atoms with Crippen molar-refractivity contribution in [3.8, 4) is 6.07 Å². The minimum atomic E-state index is -0.250. The molecule has 2 nitrogen and oxygen atoms in total. The van der Waals surface area contributed by atoms with Gasteiger partial charge in [0.2, 0.25) is 0 Å². The second kappa shape index (κ2) is 2.59. The van der Waals surface area contributed by atoms with Crippen LogP contribution in [0.4, 0.5) is 0 Å². The third-order valence-electron chi connectivity index (χ3n) is 1.54. The highest BCUT2D eigenvalue weighted by Crippen LogP contribution is 2.28. The molecule has 1 N–H and O–H groups in total. The van der Waals surface area contributed by atoms with Crippen molar-refractivity contribution in [3.63, 3.8) is 0 Å². The first-order chi connectivity index (χ1) is 4.33. The van der Waals surface area contributed by atoms with Gasteiger partial charge in [-0.1, -0.05) is 6.92 Å². The first-order valence-corrected chi connectivity index (χ1v) is 4.12. The van der Waals surface area contributed by atoms with Crippen LogP contribution in [-0.4, -0.2) is 17.2 Å². The zero-order chi connectivity index (χ0) is 6.74. The van der Waals surface area contributed by atoms with Crippen molar-refractivity contribution in [1.29, 1.82) is 5.26 Å².